The second-order valence-electron chi connectivity index (χ2n) is 5.18. The summed E-state index contributed by atoms with van der Waals surface area (Å²) in [4.78, 5) is 12.8. The molecule has 3 rings (SSSR count). The van der Waals surface area contributed by atoms with Gasteiger partial charge in [-0.2, -0.15) is 5.10 Å². The van der Waals surface area contributed by atoms with Gasteiger partial charge in [0.15, 0.2) is 11.5 Å². The van der Waals surface area contributed by atoms with E-state index in [1.54, 1.807) is 26.5 Å². The maximum absolute atomic E-state index is 12.4. The number of benzene rings is 2. The summed E-state index contributed by atoms with van der Waals surface area (Å²) in [5.74, 6) is 0.911. The van der Waals surface area contributed by atoms with Crippen molar-refractivity contribution in [3.05, 3.63) is 55.4 Å². The quantitative estimate of drug-likeness (QED) is 0.307. The number of hydrogen-bond acceptors (Lipinski definition) is 5. The van der Waals surface area contributed by atoms with Gasteiger partial charge in [-0.25, -0.2) is 5.43 Å². The highest BCUT2D eigenvalue weighted by Gasteiger charge is 2.16. The number of halogens is 2. The first-order chi connectivity index (χ1) is 12.5. The molecule has 0 aliphatic carbocycles. The van der Waals surface area contributed by atoms with Crippen molar-refractivity contribution in [2.45, 2.75) is 0 Å². The fourth-order valence-electron chi connectivity index (χ4n) is 2.39. The zero-order valence-corrected chi connectivity index (χ0v) is 17.6. The number of carbonyl (C=O) groups excluding carboxylic acids is 1. The topological polar surface area (TPSA) is 59.9 Å². The van der Waals surface area contributed by atoms with Gasteiger partial charge in [0, 0.05) is 10.1 Å². The van der Waals surface area contributed by atoms with Crippen LogP contribution in [0.4, 0.5) is 0 Å². The summed E-state index contributed by atoms with van der Waals surface area (Å²) in [6.07, 6.45) is 1.54. The molecule has 26 heavy (non-hydrogen) atoms. The van der Waals surface area contributed by atoms with Crippen molar-refractivity contribution in [2.24, 2.45) is 5.10 Å². The summed E-state index contributed by atoms with van der Waals surface area (Å²) < 4.78 is 12.5. The van der Waals surface area contributed by atoms with Crippen LogP contribution in [0, 0.1) is 3.57 Å². The average molecular weight is 501 g/mol. The molecule has 2 aromatic carbocycles. The first-order valence-corrected chi connectivity index (χ1v) is 9.74. The number of carbonyl (C=O) groups is 1. The zero-order chi connectivity index (χ0) is 18.7. The minimum atomic E-state index is -0.345. The Morgan fingerprint density at radius 1 is 1.27 bits per heavy atom. The van der Waals surface area contributed by atoms with Gasteiger partial charge < -0.3 is 9.47 Å². The van der Waals surface area contributed by atoms with Crippen LogP contribution in [0.3, 0.4) is 0 Å². The van der Waals surface area contributed by atoms with Crippen LogP contribution in [0.2, 0.25) is 5.02 Å². The van der Waals surface area contributed by atoms with Gasteiger partial charge in [-0.15, -0.1) is 11.3 Å². The molecule has 0 fully saturated rings. The van der Waals surface area contributed by atoms with Crippen molar-refractivity contribution in [2.75, 3.05) is 14.2 Å². The predicted octanol–water partition coefficient (Wildman–Crippen LogP) is 4.94. The number of amides is 1. The third kappa shape index (κ3) is 3.79. The standard InChI is InChI=1S/C18H14ClIN2O3S/c1-24-13-8-10(7-12(20)16(13)25-2)9-21-22-18(23)17-15(19)11-5-3-4-6-14(11)26-17/h3-9H,1-2H3,(H,22,23)/b21-9+. The molecule has 0 atom stereocenters. The molecule has 5 nitrogen and oxygen atoms in total. The van der Waals surface area contributed by atoms with Gasteiger partial charge >= 0.3 is 0 Å². The van der Waals surface area contributed by atoms with Crippen molar-refractivity contribution in [3.63, 3.8) is 0 Å². The van der Waals surface area contributed by atoms with Gasteiger partial charge in [0.25, 0.3) is 5.91 Å². The summed E-state index contributed by atoms with van der Waals surface area (Å²) >= 11 is 9.80. The molecular weight excluding hydrogens is 487 g/mol. The Morgan fingerprint density at radius 3 is 2.73 bits per heavy atom. The first-order valence-electron chi connectivity index (χ1n) is 7.47. The lowest BCUT2D eigenvalue weighted by molar-refractivity contribution is 0.0959. The van der Waals surface area contributed by atoms with E-state index >= 15 is 0 Å². The molecule has 0 aliphatic rings. The number of thiophene rings is 1. The van der Waals surface area contributed by atoms with Crippen molar-refractivity contribution in [1.82, 2.24) is 5.43 Å². The summed E-state index contributed by atoms with van der Waals surface area (Å²) in [5.41, 5.74) is 3.29. The second kappa shape index (κ2) is 8.24. The third-order valence-electron chi connectivity index (χ3n) is 3.58. The lowest BCUT2D eigenvalue weighted by atomic mass is 10.2. The summed E-state index contributed by atoms with van der Waals surface area (Å²) in [6.45, 7) is 0. The van der Waals surface area contributed by atoms with Crippen LogP contribution in [0.25, 0.3) is 10.1 Å². The highest BCUT2D eigenvalue weighted by molar-refractivity contribution is 14.1. The zero-order valence-electron chi connectivity index (χ0n) is 13.9. The predicted molar refractivity (Wildman–Crippen MR) is 114 cm³/mol. The van der Waals surface area contributed by atoms with Gasteiger partial charge in [0.2, 0.25) is 0 Å². The molecule has 8 heteroatoms. The van der Waals surface area contributed by atoms with Crippen LogP contribution in [0.1, 0.15) is 15.2 Å². The smallest absolute Gasteiger partial charge is 0.283 e. The van der Waals surface area contributed by atoms with Crippen LogP contribution in [-0.2, 0) is 0 Å². The maximum Gasteiger partial charge on any atom is 0.283 e. The highest BCUT2D eigenvalue weighted by Crippen LogP contribution is 2.35. The van der Waals surface area contributed by atoms with Crippen LogP contribution in [0.15, 0.2) is 41.5 Å². The molecule has 3 aromatic rings. The molecule has 1 aromatic heterocycles. The summed E-state index contributed by atoms with van der Waals surface area (Å²) in [5, 5.41) is 5.33. The molecule has 1 amide bonds. The molecule has 0 unspecified atom stereocenters. The van der Waals surface area contributed by atoms with E-state index in [9.17, 15) is 4.79 Å². The van der Waals surface area contributed by atoms with E-state index < -0.39 is 0 Å². The van der Waals surface area contributed by atoms with E-state index in [1.807, 2.05) is 30.3 Å². The average Bonchev–Trinajstić information content (AvgIpc) is 2.98. The summed E-state index contributed by atoms with van der Waals surface area (Å²) in [7, 11) is 3.16. The molecule has 1 N–H and O–H groups in total. The van der Waals surface area contributed by atoms with Crippen molar-refractivity contribution < 1.29 is 14.3 Å². The Kier molecular flexibility index (Phi) is 6.00. The van der Waals surface area contributed by atoms with E-state index in [0.717, 1.165) is 19.2 Å². The van der Waals surface area contributed by atoms with Crippen LogP contribution < -0.4 is 14.9 Å². The maximum atomic E-state index is 12.4. The van der Waals surface area contributed by atoms with Crippen molar-refractivity contribution in [3.8, 4) is 11.5 Å². The number of methoxy groups -OCH3 is 2. The van der Waals surface area contributed by atoms with Crippen molar-refractivity contribution in [1.29, 1.82) is 0 Å². The Hall–Kier alpha value is -1.84. The minimum Gasteiger partial charge on any atom is -0.493 e. The number of rotatable bonds is 5. The normalized spacial score (nSPS) is 11.1. The van der Waals surface area contributed by atoms with E-state index in [1.165, 1.54) is 11.3 Å². The van der Waals surface area contributed by atoms with Crippen LogP contribution >= 0.6 is 45.5 Å². The SMILES string of the molecule is COc1cc(/C=N/NC(=O)c2sc3ccccc3c2Cl)cc(I)c1OC. The Morgan fingerprint density at radius 2 is 2.04 bits per heavy atom. The largest absolute Gasteiger partial charge is 0.493 e. The van der Waals surface area contributed by atoms with E-state index in [0.29, 0.717) is 21.4 Å². The second-order valence-corrected chi connectivity index (χ2v) is 7.77. The molecule has 0 radical (unpaired) electrons. The molecule has 134 valence electrons. The lowest BCUT2D eigenvalue weighted by Crippen LogP contribution is -2.16. The minimum absolute atomic E-state index is 0.345. The number of hydrazone groups is 1. The lowest BCUT2D eigenvalue weighted by Gasteiger charge is -2.10. The monoisotopic (exact) mass is 500 g/mol. The molecule has 0 saturated carbocycles. The molecule has 0 saturated heterocycles. The Balaban J connectivity index is 1.78. The molecule has 0 bridgehead atoms. The number of hydrogen-bond donors (Lipinski definition) is 1. The van der Waals surface area contributed by atoms with Crippen LogP contribution in [0.5, 0.6) is 11.5 Å². The van der Waals surface area contributed by atoms with Gasteiger partial charge in [0.1, 0.15) is 4.88 Å². The Bertz CT molecular complexity index is 1000. The van der Waals surface area contributed by atoms with Gasteiger partial charge in [0.05, 0.1) is 29.0 Å². The molecular formula is C18H14ClIN2O3S. The number of fused-ring (bicyclic) bond motifs is 1. The number of nitrogens with zero attached hydrogens (tertiary/aromatic N) is 1. The van der Waals surface area contributed by atoms with Crippen LogP contribution in [-0.4, -0.2) is 26.3 Å². The van der Waals surface area contributed by atoms with Gasteiger partial charge in [-0.05, 0) is 46.4 Å². The number of ether oxygens (including phenoxy) is 2. The third-order valence-corrected chi connectivity index (χ3v) is 6.05. The first kappa shape index (κ1) is 18.9. The van der Waals surface area contributed by atoms with Gasteiger partial charge in [-0.1, -0.05) is 29.8 Å². The highest BCUT2D eigenvalue weighted by atomic mass is 127. The summed E-state index contributed by atoms with van der Waals surface area (Å²) in [6, 6.07) is 11.3. The fraction of sp³-hybridized carbons (Fsp3) is 0.111. The molecule has 0 aliphatic heterocycles. The Labute approximate surface area is 173 Å². The van der Waals surface area contributed by atoms with Gasteiger partial charge in [-0.3, -0.25) is 4.79 Å². The van der Waals surface area contributed by atoms with E-state index in [4.69, 9.17) is 21.1 Å². The molecule has 1 heterocycles. The van der Waals surface area contributed by atoms with E-state index in [2.05, 4.69) is 33.1 Å². The fourth-order valence-corrected chi connectivity index (χ4v) is 4.64. The molecule has 0 spiro atoms. The number of nitrogens with one attached hydrogen (secondary N) is 1. The van der Waals surface area contributed by atoms with Crippen molar-refractivity contribution >= 4 is 67.7 Å². The van der Waals surface area contributed by atoms with E-state index in [-0.39, 0.29) is 5.91 Å².